The number of carbonyl (C=O) groups is 1. The maximum Gasteiger partial charge on any atom is 0.227 e. The van der Waals surface area contributed by atoms with Crippen molar-refractivity contribution in [2.75, 3.05) is 36.5 Å². The Morgan fingerprint density at radius 1 is 1.31 bits per heavy atom. The molecule has 1 atom stereocenters. The Labute approximate surface area is 151 Å². The average Bonchev–Trinajstić information content (AvgIpc) is 2.68. The Balaban J connectivity index is 1.43. The fourth-order valence-electron chi connectivity index (χ4n) is 3.45. The van der Waals surface area contributed by atoms with Gasteiger partial charge in [0.2, 0.25) is 11.9 Å². The van der Waals surface area contributed by atoms with Crippen molar-refractivity contribution in [3.8, 4) is 0 Å². The molecule has 0 bridgehead atoms. The van der Waals surface area contributed by atoms with Crippen LogP contribution in [0.1, 0.15) is 17.7 Å². The molecule has 4 rings (SSSR count). The molecule has 1 aromatic carbocycles. The summed E-state index contributed by atoms with van der Waals surface area (Å²) in [4.78, 5) is 23.8. The normalized spacial score (nSPS) is 19.7. The summed E-state index contributed by atoms with van der Waals surface area (Å²) in [5, 5.41) is 2.80. The SMILES string of the molecule is O=C(Nc1cccc(F)c1)C1CCc2nc(N3CCOCC3)ncc2C1. The van der Waals surface area contributed by atoms with Crippen molar-refractivity contribution < 1.29 is 13.9 Å². The second-order valence-electron chi connectivity index (χ2n) is 6.68. The van der Waals surface area contributed by atoms with Gasteiger partial charge in [-0.25, -0.2) is 14.4 Å². The summed E-state index contributed by atoms with van der Waals surface area (Å²) in [5.41, 5.74) is 2.53. The number of ether oxygens (including phenoxy) is 1. The highest BCUT2D eigenvalue weighted by Gasteiger charge is 2.27. The molecule has 1 N–H and O–H groups in total. The van der Waals surface area contributed by atoms with E-state index >= 15 is 0 Å². The van der Waals surface area contributed by atoms with Gasteiger partial charge in [0, 0.05) is 36.6 Å². The first-order valence-electron chi connectivity index (χ1n) is 8.93. The highest BCUT2D eigenvalue weighted by Crippen LogP contribution is 2.26. The smallest absolute Gasteiger partial charge is 0.227 e. The van der Waals surface area contributed by atoms with E-state index in [1.165, 1.54) is 12.1 Å². The minimum absolute atomic E-state index is 0.0847. The third-order valence-corrected chi connectivity index (χ3v) is 4.89. The topological polar surface area (TPSA) is 67.4 Å². The van der Waals surface area contributed by atoms with Crippen LogP contribution in [0.4, 0.5) is 16.0 Å². The number of hydrogen-bond acceptors (Lipinski definition) is 5. The zero-order valence-corrected chi connectivity index (χ0v) is 14.4. The summed E-state index contributed by atoms with van der Waals surface area (Å²) in [5.74, 6) is 0.151. The molecule has 2 heterocycles. The molecule has 0 radical (unpaired) electrons. The van der Waals surface area contributed by atoms with Gasteiger partial charge in [0.25, 0.3) is 0 Å². The number of fused-ring (bicyclic) bond motifs is 1. The van der Waals surface area contributed by atoms with Gasteiger partial charge in [0.05, 0.1) is 13.2 Å². The number of nitrogens with one attached hydrogen (secondary N) is 1. The summed E-state index contributed by atoms with van der Waals surface area (Å²) in [6.07, 6.45) is 3.93. The second kappa shape index (κ2) is 7.37. The predicted octanol–water partition coefficient (Wildman–Crippen LogP) is 2.20. The molecule has 2 aliphatic rings. The third kappa shape index (κ3) is 3.67. The number of carbonyl (C=O) groups excluding carboxylic acids is 1. The summed E-state index contributed by atoms with van der Waals surface area (Å²) in [6, 6.07) is 5.96. The van der Waals surface area contributed by atoms with Crippen LogP contribution in [0.2, 0.25) is 0 Å². The van der Waals surface area contributed by atoms with Crippen LogP contribution < -0.4 is 10.2 Å². The van der Waals surface area contributed by atoms with Crippen molar-refractivity contribution in [1.82, 2.24) is 9.97 Å². The number of rotatable bonds is 3. The highest BCUT2D eigenvalue weighted by molar-refractivity contribution is 5.92. The molecular weight excluding hydrogens is 335 g/mol. The van der Waals surface area contributed by atoms with E-state index in [-0.39, 0.29) is 17.6 Å². The zero-order chi connectivity index (χ0) is 17.9. The van der Waals surface area contributed by atoms with Crippen molar-refractivity contribution in [3.05, 3.63) is 47.5 Å². The van der Waals surface area contributed by atoms with Gasteiger partial charge in [-0.3, -0.25) is 4.79 Å². The van der Waals surface area contributed by atoms with E-state index < -0.39 is 0 Å². The number of aryl methyl sites for hydroxylation is 1. The van der Waals surface area contributed by atoms with E-state index in [9.17, 15) is 9.18 Å². The molecular formula is C19H21FN4O2. The predicted molar refractivity (Wildman–Crippen MR) is 95.6 cm³/mol. The van der Waals surface area contributed by atoms with Gasteiger partial charge in [-0.05, 0) is 43.0 Å². The van der Waals surface area contributed by atoms with E-state index in [1.54, 1.807) is 12.1 Å². The number of amides is 1. The largest absolute Gasteiger partial charge is 0.378 e. The fourth-order valence-corrected chi connectivity index (χ4v) is 3.45. The Hall–Kier alpha value is -2.54. The van der Waals surface area contributed by atoms with Crippen LogP contribution >= 0.6 is 0 Å². The van der Waals surface area contributed by atoms with Crippen LogP contribution in [0.3, 0.4) is 0 Å². The highest BCUT2D eigenvalue weighted by atomic mass is 19.1. The first-order chi connectivity index (χ1) is 12.7. The maximum absolute atomic E-state index is 13.3. The monoisotopic (exact) mass is 356 g/mol. The maximum atomic E-state index is 13.3. The molecule has 2 aromatic rings. The van der Waals surface area contributed by atoms with Gasteiger partial charge >= 0.3 is 0 Å². The van der Waals surface area contributed by atoms with E-state index in [2.05, 4.69) is 15.2 Å². The number of benzene rings is 1. The van der Waals surface area contributed by atoms with Gasteiger partial charge in [-0.2, -0.15) is 0 Å². The molecule has 1 unspecified atom stereocenters. The Morgan fingerprint density at radius 3 is 2.96 bits per heavy atom. The van der Waals surface area contributed by atoms with Crippen molar-refractivity contribution in [1.29, 1.82) is 0 Å². The Morgan fingerprint density at radius 2 is 2.15 bits per heavy atom. The number of hydrogen-bond donors (Lipinski definition) is 1. The minimum atomic E-state index is -0.360. The van der Waals surface area contributed by atoms with Gasteiger partial charge in [0.1, 0.15) is 5.82 Å². The van der Waals surface area contributed by atoms with Crippen LogP contribution in [-0.4, -0.2) is 42.2 Å². The molecule has 0 spiro atoms. The molecule has 1 aliphatic heterocycles. The van der Waals surface area contributed by atoms with E-state index in [1.807, 2.05) is 6.20 Å². The summed E-state index contributed by atoms with van der Waals surface area (Å²) in [7, 11) is 0. The van der Waals surface area contributed by atoms with Crippen molar-refractivity contribution in [2.45, 2.75) is 19.3 Å². The number of anilines is 2. The zero-order valence-electron chi connectivity index (χ0n) is 14.4. The third-order valence-electron chi connectivity index (χ3n) is 4.89. The van der Waals surface area contributed by atoms with Gasteiger partial charge in [-0.15, -0.1) is 0 Å². The first kappa shape index (κ1) is 16.9. The lowest BCUT2D eigenvalue weighted by atomic mass is 9.86. The van der Waals surface area contributed by atoms with Crippen LogP contribution in [0.25, 0.3) is 0 Å². The van der Waals surface area contributed by atoms with Crippen molar-refractivity contribution in [3.63, 3.8) is 0 Å². The number of nitrogens with zero attached hydrogens (tertiary/aromatic N) is 3. The van der Waals surface area contributed by atoms with Crippen molar-refractivity contribution >= 4 is 17.5 Å². The lowest BCUT2D eigenvalue weighted by molar-refractivity contribution is -0.120. The Kier molecular flexibility index (Phi) is 4.79. The van der Waals surface area contributed by atoms with Gasteiger partial charge in [0.15, 0.2) is 0 Å². The van der Waals surface area contributed by atoms with Crippen molar-refractivity contribution in [2.24, 2.45) is 5.92 Å². The standard InChI is InChI=1S/C19H21FN4O2/c20-15-2-1-3-16(11-15)22-18(25)13-4-5-17-14(10-13)12-21-19(23-17)24-6-8-26-9-7-24/h1-3,11-13H,4-10H2,(H,22,25). The van der Waals surface area contributed by atoms with E-state index in [0.29, 0.717) is 25.3 Å². The molecule has 136 valence electrons. The van der Waals surface area contributed by atoms with E-state index in [4.69, 9.17) is 9.72 Å². The lowest BCUT2D eigenvalue weighted by Crippen LogP contribution is -2.38. The molecule has 26 heavy (non-hydrogen) atoms. The molecule has 6 nitrogen and oxygen atoms in total. The quantitative estimate of drug-likeness (QED) is 0.913. The van der Waals surface area contributed by atoms with Crippen LogP contribution in [0.15, 0.2) is 30.5 Å². The molecule has 1 saturated heterocycles. The van der Waals surface area contributed by atoms with Gasteiger partial charge < -0.3 is 15.0 Å². The number of halogens is 1. The van der Waals surface area contributed by atoms with Crippen LogP contribution in [0, 0.1) is 11.7 Å². The first-order valence-corrected chi connectivity index (χ1v) is 8.93. The second-order valence-corrected chi connectivity index (χ2v) is 6.68. The molecule has 1 aromatic heterocycles. The van der Waals surface area contributed by atoms with Crippen LogP contribution in [-0.2, 0) is 22.4 Å². The molecule has 1 aliphatic carbocycles. The molecule has 7 heteroatoms. The molecule has 1 fully saturated rings. The molecule has 1 amide bonds. The summed E-state index contributed by atoms with van der Waals surface area (Å²) >= 11 is 0. The molecule has 0 saturated carbocycles. The Bertz CT molecular complexity index is 808. The van der Waals surface area contributed by atoms with Crippen LogP contribution in [0.5, 0.6) is 0 Å². The van der Waals surface area contributed by atoms with E-state index in [0.717, 1.165) is 43.1 Å². The average molecular weight is 356 g/mol. The minimum Gasteiger partial charge on any atom is -0.378 e. The number of morpholine rings is 1. The summed E-state index contributed by atoms with van der Waals surface area (Å²) in [6.45, 7) is 3.00. The van der Waals surface area contributed by atoms with Gasteiger partial charge in [-0.1, -0.05) is 6.07 Å². The number of aromatic nitrogens is 2. The summed E-state index contributed by atoms with van der Waals surface area (Å²) < 4.78 is 18.6. The lowest BCUT2D eigenvalue weighted by Gasteiger charge is -2.28. The fraction of sp³-hybridized carbons (Fsp3) is 0.421.